The number of carboxylic acid groups (broad SMARTS) is 1. The van der Waals surface area contributed by atoms with Gasteiger partial charge in [0.15, 0.2) is 0 Å². The van der Waals surface area contributed by atoms with Crippen molar-refractivity contribution in [3.63, 3.8) is 0 Å². The number of hydrogen-bond donors (Lipinski definition) is 2. The molecule has 0 aromatic carbocycles. The average Bonchev–Trinajstić information content (AvgIpc) is 1.61. The number of carbonyl (C=O) groups is 1. The molecule has 1 radical (unpaired) electrons. The quantitative estimate of drug-likeness (QED) is 0.510. The second-order valence-electron chi connectivity index (χ2n) is 1.12. The highest BCUT2D eigenvalue weighted by Gasteiger charge is 1.91. The van der Waals surface area contributed by atoms with Gasteiger partial charge >= 0.3 is 5.97 Å². The summed E-state index contributed by atoms with van der Waals surface area (Å²) in [6, 6.07) is 0. The van der Waals surface area contributed by atoms with Crippen molar-refractivity contribution < 1.29 is 9.90 Å². The predicted octanol–water partition coefficient (Wildman–Crippen LogP) is -0.376. The Kier molecular flexibility index (Phi) is 3.32. The number of aliphatic carboxylic acids is 1. The summed E-state index contributed by atoms with van der Waals surface area (Å²) in [5.41, 5.74) is 4.96. The summed E-state index contributed by atoms with van der Waals surface area (Å²) in [5, 5.41) is 7.96. The number of hydrogen-bond acceptors (Lipinski definition) is 2. The van der Waals surface area contributed by atoms with E-state index in [9.17, 15) is 4.79 Å². The monoisotopic (exact) mass is 102 g/mol. The van der Waals surface area contributed by atoms with E-state index in [4.69, 9.17) is 10.8 Å². The maximum Gasteiger partial charge on any atom is 0.303 e. The minimum atomic E-state index is -0.828. The topological polar surface area (TPSA) is 63.3 Å². The van der Waals surface area contributed by atoms with Crippen molar-refractivity contribution in [2.24, 2.45) is 5.73 Å². The first-order valence-corrected chi connectivity index (χ1v) is 2.01. The predicted molar refractivity (Wildman–Crippen MR) is 25.6 cm³/mol. The normalized spacial score (nSPS) is 8.71. The zero-order valence-corrected chi connectivity index (χ0v) is 3.92. The van der Waals surface area contributed by atoms with Gasteiger partial charge in [-0.15, -0.1) is 0 Å². The fourth-order valence-electron chi connectivity index (χ4n) is 0.207. The third-order valence-corrected chi connectivity index (χ3v) is 0.486. The molecule has 0 aliphatic heterocycles. The molecule has 0 aliphatic carbocycles. The van der Waals surface area contributed by atoms with Crippen LogP contribution in [0.2, 0.25) is 0 Å². The van der Waals surface area contributed by atoms with Crippen LogP contribution in [-0.4, -0.2) is 17.6 Å². The molecule has 0 atom stereocenters. The molecule has 0 aromatic rings. The van der Waals surface area contributed by atoms with E-state index in [2.05, 4.69) is 0 Å². The molecular formula is C4H8NO2. The highest BCUT2D eigenvalue weighted by atomic mass is 16.4. The lowest BCUT2D eigenvalue weighted by Gasteiger charge is -1.85. The molecule has 3 N–H and O–H groups in total. The van der Waals surface area contributed by atoms with Gasteiger partial charge in [-0.2, -0.15) is 0 Å². The molecule has 0 spiro atoms. The molecule has 3 nitrogen and oxygen atoms in total. The molecule has 0 bridgehead atoms. The highest BCUT2D eigenvalue weighted by Crippen LogP contribution is 1.80. The first kappa shape index (κ1) is 6.43. The molecule has 0 unspecified atom stereocenters. The molecular weight excluding hydrogens is 94.0 g/mol. The summed E-state index contributed by atoms with van der Waals surface area (Å²) >= 11 is 0. The lowest BCUT2D eigenvalue weighted by atomic mass is 10.3. The Morgan fingerprint density at radius 2 is 2.43 bits per heavy atom. The van der Waals surface area contributed by atoms with Gasteiger partial charge in [-0.1, -0.05) is 0 Å². The standard InChI is InChI=1S/C4H8NO2/c5-3-1-2-4(6)7/h1H,2-3,5H2,(H,6,7). The van der Waals surface area contributed by atoms with E-state index in [1.54, 1.807) is 0 Å². The van der Waals surface area contributed by atoms with Crippen molar-refractivity contribution in [2.45, 2.75) is 6.42 Å². The second kappa shape index (κ2) is 3.61. The van der Waals surface area contributed by atoms with Crippen molar-refractivity contribution in [3.8, 4) is 0 Å². The molecule has 7 heavy (non-hydrogen) atoms. The fourth-order valence-corrected chi connectivity index (χ4v) is 0.207. The zero-order valence-electron chi connectivity index (χ0n) is 3.92. The van der Waals surface area contributed by atoms with Gasteiger partial charge < -0.3 is 10.8 Å². The Morgan fingerprint density at radius 3 is 2.57 bits per heavy atom. The van der Waals surface area contributed by atoms with Crippen molar-refractivity contribution in [3.05, 3.63) is 6.42 Å². The molecule has 0 fully saturated rings. The average molecular weight is 102 g/mol. The summed E-state index contributed by atoms with van der Waals surface area (Å²) in [6.45, 7) is 0.340. The Hall–Kier alpha value is -0.570. The summed E-state index contributed by atoms with van der Waals surface area (Å²) in [5.74, 6) is -0.828. The zero-order chi connectivity index (χ0) is 5.70. The molecule has 0 saturated heterocycles. The smallest absolute Gasteiger partial charge is 0.303 e. The molecule has 0 aromatic heterocycles. The Balaban J connectivity index is 2.82. The van der Waals surface area contributed by atoms with Crippen LogP contribution in [-0.2, 0) is 4.79 Å². The second-order valence-corrected chi connectivity index (χ2v) is 1.12. The Morgan fingerprint density at radius 1 is 1.86 bits per heavy atom. The summed E-state index contributed by atoms with van der Waals surface area (Å²) in [6.07, 6.45) is 1.57. The van der Waals surface area contributed by atoms with Gasteiger partial charge in [0.1, 0.15) is 0 Å². The van der Waals surface area contributed by atoms with Crippen molar-refractivity contribution >= 4 is 5.97 Å². The van der Waals surface area contributed by atoms with Crippen molar-refractivity contribution in [2.75, 3.05) is 6.54 Å². The first-order chi connectivity index (χ1) is 3.27. The highest BCUT2D eigenvalue weighted by molar-refractivity contribution is 5.67. The number of rotatable bonds is 3. The van der Waals surface area contributed by atoms with E-state index in [0.29, 0.717) is 6.54 Å². The lowest BCUT2D eigenvalue weighted by molar-refractivity contribution is -0.136. The molecule has 41 valence electrons. The van der Waals surface area contributed by atoms with Crippen LogP contribution in [0.3, 0.4) is 0 Å². The van der Waals surface area contributed by atoms with Crippen molar-refractivity contribution in [1.82, 2.24) is 0 Å². The van der Waals surface area contributed by atoms with Crippen LogP contribution >= 0.6 is 0 Å². The minimum Gasteiger partial charge on any atom is -0.481 e. The maximum atomic E-state index is 9.67. The maximum absolute atomic E-state index is 9.67. The van der Waals surface area contributed by atoms with Crippen LogP contribution < -0.4 is 5.73 Å². The van der Waals surface area contributed by atoms with Crippen molar-refractivity contribution in [1.29, 1.82) is 0 Å². The molecule has 0 heterocycles. The molecule has 0 saturated carbocycles. The molecule has 0 rings (SSSR count). The van der Waals surface area contributed by atoms with E-state index >= 15 is 0 Å². The van der Waals surface area contributed by atoms with E-state index in [1.807, 2.05) is 0 Å². The van der Waals surface area contributed by atoms with Crippen LogP contribution in [0.25, 0.3) is 0 Å². The van der Waals surface area contributed by atoms with E-state index in [-0.39, 0.29) is 6.42 Å². The molecule has 3 heteroatoms. The van der Waals surface area contributed by atoms with Crippen LogP contribution in [0.5, 0.6) is 0 Å². The van der Waals surface area contributed by atoms with Gasteiger partial charge in [0.05, 0.1) is 0 Å². The number of carboxylic acids is 1. The van der Waals surface area contributed by atoms with Gasteiger partial charge in [-0.25, -0.2) is 0 Å². The van der Waals surface area contributed by atoms with Crippen LogP contribution in [0.1, 0.15) is 6.42 Å². The third-order valence-electron chi connectivity index (χ3n) is 0.486. The van der Waals surface area contributed by atoms with Crippen LogP contribution in [0, 0.1) is 6.42 Å². The van der Waals surface area contributed by atoms with Gasteiger partial charge in [0.25, 0.3) is 0 Å². The van der Waals surface area contributed by atoms with E-state index < -0.39 is 5.97 Å². The van der Waals surface area contributed by atoms with Gasteiger partial charge in [-0.3, -0.25) is 4.79 Å². The fraction of sp³-hybridized carbons (Fsp3) is 0.500. The number of nitrogens with two attached hydrogens (primary N) is 1. The summed E-state index contributed by atoms with van der Waals surface area (Å²) in [4.78, 5) is 9.67. The molecule has 0 aliphatic rings. The molecule has 0 amide bonds. The van der Waals surface area contributed by atoms with E-state index in [1.165, 1.54) is 6.42 Å². The minimum absolute atomic E-state index is 0.0660. The van der Waals surface area contributed by atoms with E-state index in [0.717, 1.165) is 0 Å². The Bertz CT molecular complexity index is 62.7. The first-order valence-electron chi connectivity index (χ1n) is 2.01. The largest absolute Gasteiger partial charge is 0.481 e. The van der Waals surface area contributed by atoms with Gasteiger partial charge in [0, 0.05) is 6.42 Å². The Labute approximate surface area is 42.1 Å². The van der Waals surface area contributed by atoms with Gasteiger partial charge in [-0.05, 0) is 13.0 Å². The SMILES string of the molecule is NC[CH]CC(=O)O. The third kappa shape index (κ3) is 5.43. The summed E-state index contributed by atoms with van der Waals surface area (Å²) in [7, 11) is 0. The van der Waals surface area contributed by atoms with Crippen LogP contribution in [0.4, 0.5) is 0 Å². The van der Waals surface area contributed by atoms with Gasteiger partial charge in [0.2, 0.25) is 0 Å². The van der Waals surface area contributed by atoms with Crippen LogP contribution in [0.15, 0.2) is 0 Å². The summed E-state index contributed by atoms with van der Waals surface area (Å²) < 4.78 is 0. The lowest BCUT2D eigenvalue weighted by Crippen LogP contribution is -2.03.